The number of ether oxygens (including phenoxy) is 3. The lowest BCUT2D eigenvalue weighted by Gasteiger charge is -2.28. The molecule has 0 saturated heterocycles. The number of amides is 1. The Morgan fingerprint density at radius 3 is 2.67 bits per heavy atom. The highest BCUT2D eigenvalue weighted by molar-refractivity contribution is 5.68. The normalized spacial score (nSPS) is 20.3. The summed E-state index contributed by atoms with van der Waals surface area (Å²) in [6, 6.07) is 3.48. The maximum absolute atomic E-state index is 13.3. The van der Waals surface area contributed by atoms with E-state index in [1.54, 1.807) is 17.0 Å². The molecule has 0 bridgehead atoms. The van der Waals surface area contributed by atoms with Gasteiger partial charge in [-0.2, -0.15) is 4.98 Å². The molecule has 0 aromatic carbocycles. The van der Waals surface area contributed by atoms with Gasteiger partial charge in [-0.15, -0.1) is 0 Å². The topological polar surface area (TPSA) is 60.9 Å². The van der Waals surface area contributed by atoms with Gasteiger partial charge < -0.3 is 19.1 Å². The molecule has 1 aliphatic heterocycles. The zero-order valence-electron chi connectivity index (χ0n) is 16.0. The summed E-state index contributed by atoms with van der Waals surface area (Å²) >= 11 is 0. The molecule has 1 aliphatic carbocycles. The van der Waals surface area contributed by atoms with Crippen molar-refractivity contribution in [3.8, 4) is 11.8 Å². The molecule has 0 unspecified atom stereocenters. The first-order valence-electron chi connectivity index (χ1n) is 9.26. The highest BCUT2D eigenvalue weighted by atomic mass is 19.3. The van der Waals surface area contributed by atoms with Crippen LogP contribution in [0.15, 0.2) is 12.1 Å². The van der Waals surface area contributed by atoms with Gasteiger partial charge in [-0.1, -0.05) is 0 Å². The summed E-state index contributed by atoms with van der Waals surface area (Å²) in [5, 5.41) is 0. The Morgan fingerprint density at radius 1 is 1.30 bits per heavy atom. The van der Waals surface area contributed by atoms with Crippen molar-refractivity contribution in [2.75, 3.05) is 13.2 Å². The average molecular weight is 384 g/mol. The Bertz CT molecular complexity index is 681. The van der Waals surface area contributed by atoms with E-state index in [2.05, 4.69) is 4.98 Å². The number of alkyl halides is 2. The van der Waals surface area contributed by atoms with Crippen LogP contribution in [0.1, 0.15) is 52.0 Å². The number of hydrogen-bond donors (Lipinski definition) is 0. The molecule has 8 heteroatoms. The van der Waals surface area contributed by atoms with Crippen molar-refractivity contribution >= 4 is 6.09 Å². The lowest BCUT2D eigenvalue weighted by molar-refractivity contribution is -0.0588. The van der Waals surface area contributed by atoms with Crippen LogP contribution in [0.4, 0.5) is 13.6 Å². The molecule has 0 N–H and O–H groups in total. The summed E-state index contributed by atoms with van der Waals surface area (Å²) in [7, 11) is 0. The van der Waals surface area contributed by atoms with Crippen LogP contribution in [-0.2, 0) is 11.3 Å². The van der Waals surface area contributed by atoms with Gasteiger partial charge in [0.1, 0.15) is 18.3 Å². The summed E-state index contributed by atoms with van der Waals surface area (Å²) in [5.74, 6) is -1.83. The Hall–Kier alpha value is -2.12. The minimum atomic E-state index is -2.59. The number of aromatic nitrogens is 1. The maximum Gasteiger partial charge on any atom is 0.410 e. The standard InChI is InChI=1S/C19H26F2N2O4/c1-18(2,3)27-17(24)23-10-11-25-16-13(12-23)4-5-15(22-16)26-14-6-8-19(20,21)9-7-14/h4-5,14H,6-12H2,1-3H3. The molecule has 1 aromatic rings. The summed E-state index contributed by atoms with van der Waals surface area (Å²) in [4.78, 5) is 18.2. The zero-order chi connectivity index (χ0) is 19.7. The third-order valence-corrected chi connectivity index (χ3v) is 4.48. The largest absolute Gasteiger partial charge is 0.475 e. The van der Waals surface area contributed by atoms with Crippen LogP contribution in [0.3, 0.4) is 0 Å². The van der Waals surface area contributed by atoms with E-state index in [0.29, 0.717) is 44.3 Å². The van der Waals surface area contributed by atoms with Crippen LogP contribution < -0.4 is 9.47 Å². The second kappa shape index (κ2) is 7.48. The van der Waals surface area contributed by atoms with E-state index in [9.17, 15) is 13.6 Å². The van der Waals surface area contributed by atoms with E-state index < -0.39 is 17.6 Å². The number of carbonyl (C=O) groups is 1. The summed E-state index contributed by atoms with van der Waals surface area (Å²) in [6.45, 7) is 6.46. The summed E-state index contributed by atoms with van der Waals surface area (Å²) in [6.07, 6.45) is -0.381. The van der Waals surface area contributed by atoms with Crippen molar-refractivity contribution in [2.24, 2.45) is 0 Å². The number of pyridine rings is 1. The van der Waals surface area contributed by atoms with Gasteiger partial charge in [0.05, 0.1) is 13.1 Å². The van der Waals surface area contributed by atoms with Gasteiger partial charge in [0.2, 0.25) is 17.7 Å². The minimum Gasteiger partial charge on any atom is -0.475 e. The first kappa shape index (κ1) is 19.6. The number of carbonyl (C=O) groups excluding carboxylic acids is 1. The van der Waals surface area contributed by atoms with Gasteiger partial charge in [-0.05, 0) is 39.7 Å². The highest BCUT2D eigenvalue weighted by Gasteiger charge is 2.36. The zero-order valence-corrected chi connectivity index (χ0v) is 16.0. The van der Waals surface area contributed by atoms with Crippen LogP contribution in [-0.4, -0.2) is 46.8 Å². The second-order valence-electron chi connectivity index (χ2n) is 8.04. The molecule has 1 aromatic heterocycles. The van der Waals surface area contributed by atoms with Crippen molar-refractivity contribution in [3.63, 3.8) is 0 Å². The predicted molar refractivity (Wildman–Crippen MR) is 94.2 cm³/mol. The minimum absolute atomic E-state index is 0.163. The van der Waals surface area contributed by atoms with Gasteiger partial charge in [0.15, 0.2) is 0 Å². The number of hydrogen-bond acceptors (Lipinski definition) is 5. The van der Waals surface area contributed by atoms with Crippen LogP contribution in [0.2, 0.25) is 0 Å². The van der Waals surface area contributed by atoms with Crippen molar-refractivity contribution < 1.29 is 27.8 Å². The van der Waals surface area contributed by atoms with E-state index in [1.165, 1.54) is 0 Å². The Balaban J connectivity index is 1.64. The third-order valence-electron chi connectivity index (χ3n) is 4.48. The molecule has 0 radical (unpaired) electrons. The average Bonchev–Trinajstić information content (AvgIpc) is 2.77. The van der Waals surface area contributed by atoms with Gasteiger partial charge in [-0.25, -0.2) is 13.6 Å². The van der Waals surface area contributed by atoms with Gasteiger partial charge in [0, 0.05) is 24.5 Å². The molecule has 1 amide bonds. The molecule has 1 saturated carbocycles. The van der Waals surface area contributed by atoms with Gasteiger partial charge in [0.25, 0.3) is 0 Å². The van der Waals surface area contributed by atoms with Crippen LogP contribution >= 0.6 is 0 Å². The van der Waals surface area contributed by atoms with Crippen molar-refractivity contribution in [1.29, 1.82) is 0 Å². The van der Waals surface area contributed by atoms with Crippen LogP contribution in [0.25, 0.3) is 0 Å². The predicted octanol–water partition coefficient (Wildman–Crippen LogP) is 4.17. The van der Waals surface area contributed by atoms with Crippen molar-refractivity contribution in [3.05, 3.63) is 17.7 Å². The van der Waals surface area contributed by atoms with Crippen molar-refractivity contribution in [2.45, 2.75) is 70.6 Å². The van der Waals surface area contributed by atoms with Crippen LogP contribution in [0, 0.1) is 0 Å². The number of nitrogens with zero attached hydrogens (tertiary/aromatic N) is 2. The maximum atomic E-state index is 13.3. The van der Waals surface area contributed by atoms with E-state index in [1.807, 2.05) is 20.8 Å². The number of halogens is 2. The molecule has 2 aliphatic rings. The van der Waals surface area contributed by atoms with E-state index in [-0.39, 0.29) is 18.9 Å². The molecule has 150 valence electrons. The molecule has 1 fully saturated rings. The summed E-state index contributed by atoms with van der Waals surface area (Å²) < 4.78 is 43.4. The second-order valence-corrected chi connectivity index (χ2v) is 8.04. The van der Waals surface area contributed by atoms with Crippen molar-refractivity contribution in [1.82, 2.24) is 9.88 Å². The molecule has 0 spiro atoms. The third kappa shape index (κ3) is 5.43. The fraction of sp³-hybridized carbons (Fsp3) is 0.684. The van der Waals surface area contributed by atoms with Gasteiger partial charge in [-0.3, -0.25) is 0 Å². The molecule has 3 rings (SSSR count). The molecule has 6 nitrogen and oxygen atoms in total. The Labute approximate surface area is 157 Å². The molecular weight excluding hydrogens is 358 g/mol. The van der Waals surface area contributed by atoms with E-state index >= 15 is 0 Å². The lowest BCUT2D eigenvalue weighted by atomic mass is 9.94. The first-order valence-corrected chi connectivity index (χ1v) is 9.26. The molecule has 27 heavy (non-hydrogen) atoms. The quantitative estimate of drug-likeness (QED) is 0.766. The molecule has 0 atom stereocenters. The SMILES string of the molecule is CC(C)(C)OC(=O)N1CCOc2nc(OC3CCC(F)(F)CC3)ccc2C1. The first-order chi connectivity index (χ1) is 12.6. The van der Waals surface area contributed by atoms with Crippen LogP contribution in [0.5, 0.6) is 11.8 Å². The fourth-order valence-electron chi connectivity index (χ4n) is 3.09. The number of rotatable bonds is 2. The molecule has 2 heterocycles. The molecular formula is C19H26F2N2O4. The highest BCUT2D eigenvalue weighted by Crippen LogP contribution is 2.35. The smallest absolute Gasteiger partial charge is 0.410 e. The summed E-state index contributed by atoms with van der Waals surface area (Å²) in [5.41, 5.74) is 0.181. The monoisotopic (exact) mass is 384 g/mol. The van der Waals surface area contributed by atoms with E-state index in [0.717, 1.165) is 5.56 Å². The lowest BCUT2D eigenvalue weighted by Crippen LogP contribution is -2.37. The Morgan fingerprint density at radius 2 is 2.00 bits per heavy atom. The fourth-order valence-corrected chi connectivity index (χ4v) is 3.09. The van der Waals surface area contributed by atoms with Gasteiger partial charge >= 0.3 is 6.09 Å². The Kier molecular flexibility index (Phi) is 5.44. The van der Waals surface area contributed by atoms with E-state index in [4.69, 9.17) is 14.2 Å². The number of fused-ring (bicyclic) bond motifs is 1.